The van der Waals surface area contributed by atoms with Gasteiger partial charge in [-0.1, -0.05) is 32.4 Å². The number of carbonyl (C=O) groups is 1. The number of aromatic nitrogens is 1. The van der Waals surface area contributed by atoms with Crippen LogP contribution in [-0.4, -0.2) is 30.8 Å². The van der Waals surface area contributed by atoms with Crippen LogP contribution in [0.15, 0.2) is 42.6 Å². The van der Waals surface area contributed by atoms with Crippen molar-refractivity contribution in [1.82, 2.24) is 10.3 Å². The molecule has 3 aromatic rings. The van der Waals surface area contributed by atoms with Crippen molar-refractivity contribution in [2.24, 2.45) is 5.41 Å². The van der Waals surface area contributed by atoms with E-state index in [2.05, 4.69) is 36.4 Å². The van der Waals surface area contributed by atoms with E-state index in [0.29, 0.717) is 39.2 Å². The predicted molar refractivity (Wildman–Crippen MR) is 137 cm³/mol. The molecule has 2 aromatic carbocycles. The second-order valence-electron chi connectivity index (χ2n) is 9.98. The van der Waals surface area contributed by atoms with E-state index in [4.69, 9.17) is 25.8 Å². The van der Waals surface area contributed by atoms with E-state index in [1.807, 2.05) is 19.9 Å². The molecule has 2 amide bonds. The highest BCUT2D eigenvalue weighted by Crippen LogP contribution is 2.38. The second-order valence-corrected chi connectivity index (χ2v) is 10.4. The van der Waals surface area contributed by atoms with Gasteiger partial charge in [0.1, 0.15) is 11.5 Å². The third-order valence-electron chi connectivity index (χ3n) is 5.05. The summed E-state index contributed by atoms with van der Waals surface area (Å²) in [5, 5.41) is 6.96. The first-order chi connectivity index (χ1) is 15.9. The Morgan fingerprint density at radius 2 is 1.65 bits per heavy atom. The summed E-state index contributed by atoms with van der Waals surface area (Å²) in [7, 11) is 3.15. The van der Waals surface area contributed by atoms with Crippen LogP contribution in [0, 0.1) is 5.41 Å². The van der Waals surface area contributed by atoms with Crippen molar-refractivity contribution in [1.29, 1.82) is 0 Å². The quantitative estimate of drug-likeness (QED) is 0.375. The fourth-order valence-electron chi connectivity index (χ4n) is 4.16. The van der Waals surface area contributed by atoms with Crippen LogP contribution in [0.2, 0.25) is 5.02 Å². The first-order valence-corrected chi connectivity index (χ1v) is 11.4. The lowest BCUT2D eigenvalue weighted by molar-refractivity contribution is 0.220. The molecule has 8 heteroatoms. The number of pyridine rings is 1. The van der Waals surface area contributed by atoms with Crippen molar-refractivity contribution in [3.05, 3.63) is 47.6 Å². The van der Waals surface area contributed by atoms with E-state index in [1.165, 1.54) is 0 Å². The van der Waals surface area contributed by atoms with E-state index >= 15 is 0 Å². The third kappa shape index (κ3) is 6.44. The van der Waals surface area contributed by atoms with Gasteiger partial charge in [-0.05, 0) is 49.9 Å². The van der Waals surface area contributed by atoms with Gasteiger partial charge in [-0.15, -0.1) is 0 Å². The molecule has 0 spiro atoms. The van der Waals surface area contributed by atoms with Gasteiger partial charge in [-0.3, -0.25) is 4.98 Å². The average Bonchev–Trinajstić information content (AvgIpc) is 2.72. The average molecular weight is 486 g/mol. The molecule has 0 bridgehead atoms. The maximum Gasteiger partial charge on any atom is 0.319 e. The molecule has 3 rings (SSSR count). The SMILES string of the molecule is COc1cc2nccc(Oc3ccc(NC(=O)NC(C)(C)CC(C)(C)C)c(Cl)c3)c2cc1OC. The van der Waals surface area contributed by atoms with Gasteiger partial charge in [0.05, 0.1) is 30.4 Å². The molecule has 0 radical (unpaired) electrons. The topological polar surface area (TPSA) is 81.7 Å². The second kappa shape index (κ2) is 9.97. The van der Waals surface area contributed by atoms with Gasteiger partial charge >= 0.3 is 6.03 Å². The first kappa shape index (κ1) is 25.4. The van der Waals surface area contributed by atoms with Gasteiger partial charge in [0.2, 0.25) is 0 Å². The normalized spacial score (nSPS) is 11.8. The van der Waals surface area contributed by atoms with Crippen molar-refractivity contribution in [3.63, 3.8) is 0 Å². The molecule has 34 heavy (non-hydrogen) atoms. The Hall–Kier alpha value is -3.19. The van der Waals surface area contributed by atoms with E-state index < -0.39 is 0 Å². The largest absolute Gasteiger partial charge is 0.493 e. The fraction of sp³-hybridized carbons (Fsp3) is 0.385. The van der Waals surface area contributed by atoms with Gasteiger partial charge < -0.3 is 24.8 Å². The van der Waals surface area contributed by atoms with Crippen molar-refractivity contribution in [2.75, 3.05) is 19.5 Å². The van der Waals surface area contributed by atoms with E-state index in [-0.39, 0.29) is 17.0 Å². The Bertz CT molecular complexity index is 1190. The van der Waals surface area contributed by atoms with Crippen LogP contribution >= 0.6 is 11.6 Å². The molecule has 0 fully saturated rings. The molecule has 0 unspecified atom stereocenters. The standard InChI is InChI=1S/C26H32ClN3O4/c1-25(2,3)15-26(4,5)30-24(31)29-19-9-8-16(12-18(19)27)34-21-10-11-28-20-14-23(33-7)22(32-6)13-17(20)21/h8-14H,15H2,1-7H3,(H2,29,30,31). The molecule has 0 aliphatic rings. The number of nitrogens with zero attached hydrogens (tertiary/aromatic N) is 1. The zero-order chi connectivity index (χ0) is 25.1. The summed E-state index contributed by atoms with van der Waals surface area (Å²) in [5.74, 6) is 2.27. The number of carbonyl (C=O) groups excluding carboxylic acids is 1. The number of hydrogen-bond donors (Lipinski definition) is 2. The molecule has 7 nitrogen and oxygen atoms in total. The van der Waals surface area contributed by atoms with Crippen molar-refractivity contribution < 1.29 is 19.0 Å². The number of amides is 2. The van der Waals surface area contributed by atoms with E-state index in [1.54, 1.807) is 50.7 Å². The number of hydrogen-bond acceptors (Lipinski definition) is 5. The minimum atomic E-state index is -0.371. The Morgan fingerprint density at radius 3 is 2.26 bits per heavy atom. The van der Waals surface area contributed by atoms with Crippen LogP contribution in [0.3, 0.4) is 0 Å². The smallest absolute Gasteiger partial charge is 0.319 e. The predicted octanol–water partition coefficient (Wildman–Crippen LogP) is 7.03. The van der Waals surface area contributed by atoms with E-state index in [9.17, 15) is 4.79 Å². The summed E-state index contributed by atoms with van der Waals surface area (Å²) in [4.78, 5) is 16.9. The molecule has 2 N–H and O–H groups in total. The van der Waals surface area contributed by atoms with Gasteiger partial charge in [0.15, 0.2) is 11.5 Å². The summed E-state index contributed by atoms with van der Waals surface area (Å²) in [5.41, 5.74) is 0.905. The minimum Gasteiger partial charge on any atom is -0.493 e. The maximum absolute atomic E-state index is 12.6. The van der Waals surface area contributed by atoms with E-state index in [0.717, 1.165) is 11.8 Å². The Labute approximate surface area is 205 Å². The van der Waals surface area contributed by atoms with Gasteiger partial charge in [0, 0.05) is 29.3 Å². The number of nitrogens with one attached hydrogen (secondary N) is 2. The molecule has 182 valence electrons. The summed E-state index contributed by atoms with van der Waals surface area (Å²) < 4.78 is 16.9. The highest BCUT2D eigenvalue weighted by atomic mass is 35.5. The zero-order valence-corrected chi connectivity index (χ0v) is 21.5. The van der Waals surface area contributed by atoms with Crippen molar-refractivity contribution >= 4 is 34.2 Å². The first-order valence-electron chi connectivity index (χ1n) is 11.0. The van der Waals surface area contributed by atoms with Gasteiger partial charge in [0.25, 0.3) is 0 Å². The molecule has 0 aliphatic heterocycles. The number of halogens is 1. The molecule has 1 aromatic heterocycles. The Kier molecular flexibility index (Phi) is 7.46. The number of urea groups is 1. The molecule has 0 saturated heterocycles. The summed E-state index contributed by atoms with van der Waals surface area (Å²) in [6.07, 6.45) is 2.48. The molecule has 1 heterocycles. The number of rotatable bonds is 7. The maximum atomic E-state index is 12.6. The highest BCUT2D eigenvalue weighted by molar-refractivity contribution is 6.33. The van der Waals surface area contributed by atoms with Crippen molar-refractivity contribution in [2.45, 2.75) is 46.6 Å². The lowest BCUT2D eigenvalue weighted by atomic mass is 9.82. The molecule has 0 atom stereocenters. The Balaban J connectivity index is 1.77. The van der Waals surface area contributed by atoms with Crippen LogP contribution in [0.1, 0.15) is 41.0 Å². The highest BCUT2D eigenvalue weighted by Gasteiger charge is 2.27. The van der Waals surface area contributed by atoms with Gasteiger partial charge in [-0.25, -0.2) is 4.79 Å². The van der Waals surface area contributed by atoms with Crippen LogP contribution in [-0.2, 0) is 0 Å². The third-order valence-corrected chi connectivity index (χ3v) is 5.36. The monoisotopic (exact) mass is 485 g/mol. The van der Waals surface area contributed by atoms with Crippen LogP contribution < -0.4 is 24.8 Å². The lowest BCUT2D eigenvalue weighted by Crippen LogP contribution is -2.47. The van der Waals surface area contributed by atoms with Crippen molar-refractivity contribution in [3.8, 4) is 23.0 Å². The Morgan fingerprint density at radius 1 is 0.971 bits per heavy atom. The number of anilines is 1. The fourth-order valence-corrected chi connectivity index (χ4v) is 4.37. The van der Waals surface area contributed by atoms with Crippen LogP contribution in [0.25, 0.3) is 10.9 Å². The lowest BCUT2D eigenvalue weighted by Gasteiger charge is -2.33. The number of ether oxygens (including phenoxy) is 3. The molecule has 0 saturated carbocycles. The summed E-state index contributed by atoms with van der Waals surface area (Å²) >= 11 is 6.45. The van der Waals surface area contributed by atoms with Gasteiger partial charge in [-0.2, -0.15) is 0 Å². The number of fused-ring (bicyclic) bond motifs is 1. The molecule has 0 aliphatic carbocycles. The number of methoxy groups -OCH3 is 2. The minimum absolute atomic E-state index is 0.0830. The van der Waals surface area contributed by atoms with Crippen LogP contribution in [0.5, 0.6) is 23.0 Å². The summed E-state index contributed by atoms with van der Waals surface area (Å²) in [6, 6.07) is 10.2. The number of benzene rings is 2. The van der Waals surface area contributed by atoms with Crippen LogP contribution in [0.4, 0.5) is 10.5 Å². The molecular weight excluding hydrogens is 454 g/mol. The summed E-state index contributed by atoms with van der Waals surface area (Å²) in [6.45, 7) is 10.4. The molecular formula is C26H32ClN3O4. The zero-order valence-electron chi connectivity index (χ0n) is 20.7.